The molecule has 1 aliphatic rings. The first kappa shape index (κ1) is 18.5. The molecule has 1 aromatic rings. The molecule has 0 aromatic heterocycles. The van der Waals surface area contributed by atoms with Gasteiger partial charge in [-0.1, -0.05) is 12.1 Å². The van der Waals surface area contributed by atoms with Crippen molar-refractivity contribution in [1.82, 2.24) is 15.1 Å². The maximum Gasteiger partial charge on any atom is 0.188 e. The minimum Gasteiger partial charge on any atom is -0.497 e. The minimum absolute atomic E-state index is 0.537. The monoisotopic (exact) mass is 333 g/mol. The van der Waals surface area contributed by atoms with Crippen LogP contribution in [0.4, 0.5) is 0 Å². The Kier molecular flexibility index (Phi) is 7.85. The first-order valence-electron chi connectivity index (χ1n) is 8.75. The van der Waals surface area contributed by atoms with Crippen LogP contribution in [0.3, 0.4) is 0 Å². The highest BCUT2D eigenvalue weighted by Gasteiger charge is 2.10. The Bertz CT molecular complexity index is 503. The third-order valence-corrected chi connectivity index (χ3v) is 4.39. The molecule has 6 heteroatoms. The number of likely N-dealkylation sites (N-methyl/N-ethyl adjacent to an activating group) is 1. The molecule has 0 amide bonds. The zero-order chi connectivity index (χ0) is 17.2. The van der Waals surface area contributed by atoms with E-state index in [0.29, 0.717) is 5.96 Å². The highest BCUT2D eigenvalue weighted by molar-refractivity contribution is 5.77. The average Bonchev–Trinajstić information content (AvgIpc) is 2.80. The fourth-order valence-corrected chi connectivity index (χ4v) is 2.82. The topological polar surface area (TPSA) is 66.1 Å². The van der Waals surface area contributed by atoms with Gasteiger partial charge < -0.3 is 25.6 Å². The number of benzene rings is 1. The Morgan fingerprint density at radius 2 is 2.00 bits per heavy atom. The lowest BCUT2D eigenvalue weighted by Gasteiger charge is -2.18. The molecule has 6 nitrogen and oxygen atoms in total. The van der Waals surface area contributed by atoms with Crippen LogP contribution in [0.2, 0.25) is 0 Å². The van der Waals surface area contributed by atoms with E-state index >= 15 is 0 Å². The first-order chi connectivity index (χ1) is 11.7. The Morgan fingerprint density at radius 3 is 2.75 bits per heavy atom. The van der Waals surface area contributed by atoms with Crippen molar-refractivity contribution in [1.29, 1.82) is 0 Å². The molecule has 0 atom stereocenters. The molecule has 0 radical (unpaired) electrons. The highest BCUT2D eigenvalue weighted by Crippen LogP contribution is 2.11. The molecule has 0 spiro atoms. The quantitative estimate of drug-likeness (QED) is 0.570. The number of methoxy groups -OCH3 is 1. The van der Waals surface area contributed by atoms with Crippen LogP contribution >= 0.6 is 0 Å². The summed E-state index contributed by atoms with van der Waals surface area (Å²) in [5.74, 6) is 1.42. The largest absolute Gasteiger partial charge is 0.497 e. The Labute approximate surface area is 145 Å². The minimum atomic E-state index is 0.537. The van der Waals surface area contributed by atoms with Crippen LogP contribution in [0.25, 0.3) is 0 Å². The second-order valence-electron chi connectivity index (χ2n) is 6.29. The lowest BCUT2D eigenvalue weighted by atomic mass is 10.1. The van der Waals surface area contributed by atoms with Crippen LogP contribution in [0.5, 0.6) is 5.75 Å². The molecular weight excluding hydrogens is 302 g/mol. The van der Waals surface area contributed by atoms with Crippen LogP contribution in [0.1, 0.15) is 12.0 Å². The number of nitrogens with one attached hydrogen (secondary N) is 1. The zero-order valence-electron chi connectivity index (χ0n) is 15.0. The summed E-state index contributed by atoms with van der Waals surface area (Å²) >= 11 is 0. The van der Waals surface area contributed by atoms with Gasteiger partial charge in [0.2, 0.25) is 0 Å². The summed E-state index contributed by atoms with van der Waals surface area (Å²) in [7, 11) is 3.87. The van der Waals surface area contributed by atoms with Crippen LogP contribution in [0.15, 0.2) is 29.3 Å². The van der Waals surface area contributed by atoms with Gasteiger partial charge in [-0.3, -0.25) is 4.99 Å². The van der Waals surface area contributed by atoms with E-state index in [1.165, 1.54) is 18.5 Å². The van der Waals surface area contributed by atoms with E-state index in [9.17, 15) is 0 Å². The summed E-state index contributed by atoms with van der Waals surface area (Å²) < 4.78 is 5.16. The maximum atomic E-state index is 5.94. The van der Waals surface area contributed by atoms with E-state index in [2.05, 4.69) is 39.3 Å². The van der Waals surface area contributed by atoms with Gasteiger partial charge in [-0.2, -0.15) is 0 Å². The Balaban J connectivity index is 1.62. The van der Waals surface area contributed by atoms with Gasteiger partial charge in [0.15, 0.2) is 5.96 Å². The van der Waals surface area contributed by atoms with Crippen molar-refractivity contribution in [3.8, 4) is 5.75 Å². The van der Waals surface area contributed by atoms with Crippen molar-refractivity contribution in [2.45, 2.75) is 12.8 Å². The second kappa shape index (κ2) is 10.2. The van der Waals surface area contributed by atoms with Crippen molar-refractivity contribution in [2.24, 2.45) is 10.7 Å². The van der Waals surface area contributed by atoms with Gasteiger partial charge in [0.1, 0.15) is 5.75 Å². The molecule has 2 rings (SSSR count). The van der Waals surface area contributed by atoms with Crippen molar-refractivity contribution >= 4 is 5.96 Å². The lowest BCUT2D eigenvalue weighted by molar-refractivity contribution is 0.283. The van der Waals surface area contributed by atoms with Crippen LogP contribution in [0, 0.1) is 0 Å². The molecule has 1 aliphatic heterocycles. The van der Waals surface area contributed by atoms with Gasteiger partial charge in [0, 0.05) is 26.2 Å². The maximum absolute atomic E-state index is 5.94. The normalized spacial score (nSPS) is 17.5. The summed E-state index contributed by atoms with van der Waals surface area (Å²) in [4.78, 5) is 9.29. The fourth-order valence-electron chi connectivity index (χ4n) is 2.82. The number of aliphatic imine (C=N–C) groups is 1. The van der Waals surface area contributed by atoms with Gasteiger partial charge in [0.05, 0.1) is 13.7 Å². The molecule has 1 saturated heterocycles. The molecular formula is C18H31N5O. The van der Waals surface area contributed by atoms with E-state index < -0.39 is 0 Å². The number of hydrogen-bond acceptors (Lipinski definition) is 4. The van der Waals surface area contributed by atoms with E-state index in [1.54, 1.807) is 7.11 Å². The molecule has 0 aliphatic carbocycles. The van der Waals surface area contributed by atoms with Crippen molar-refractivity contribution in [2.75, 3.05) is 60.0 Å². The summed E-state index contributed by atoms with van der Waals surface area (Å²) in [5.41, 5.74) is 7.20. The fraction of sp³-hybridized carbons (Fsp3) is 0.611. The molecule has 0 saturated carbocycles. The van der Waals surface area contributed by atoms with Gasteiger partial charge in [-0.05, 0) is 50.7 Å². The van der Waals surface area contributed by atoms with Crippen LogP contribution in [-0.2, 0) is 6.42 Å². The third kappa shape index (κ3) is 6.76. The molecule has 1 aromatic carbocycles. The van der Waals surface area contributed by atoms with Gasteiger partial charge in [0.25, 0.3) is 0 Å². The summed E-state index contributed by atoms with van der Waals surface area (Å²) in [5, 5.41) is 3.19. The molecule has 0 bridgehead atoms. The molecule has 24 heavy (non-hydrogen) atoms. The van der Waals surface area contributed by atoms with E-state index in [0.717, 1.165) is 51.4 Å². The second-order valence-corrected chi connectivity index (χ2v) is 6.29. The Hall–Kier alpha value is -1.79. The molecule has 1 heterocycles. The zero-order valence-corrected chi connectivity index (χ0v) is 15.0. The summed E-state index contributed by atoms with van der Waals surface area (Å²) in [6.07, 6.45) is 2.15. The smallest absolute Gasteiger partial charge is 0.188 e. The van der Waals surface area contributed by atoms with E-state index in [4.69, 9.17) is 10.5 Å². The summed E-state index contributed by atoms with van der Waals surface area (Å²) in [6, 6.07) is 8.10. The summed E-state index contributed by atoms with van der Waals surface area (Å²) in [6.45, 7) is 7.13. The predicted octanol–water partition coefficient (Wildman–Crippen LogP) is 0.780. The molecule has 3 N–H and O–H groups in total. The number of ether oxygens (including phenoxy) is 1. The number of nitrogens with two attached hydrogens (primary N) is 1. The average molecular weight is 333 g/mol. The third-order valence-electron chi connectivity index (χ3n) is 4.39. The molecule has 134 valence electrons. The Morgan fingerprint density at radius 1 is 1.21 bits per heavy atom. The highest BCUT2D eigenvalue weighted by atomic mass is 16.5. The predicted molar refractivity (Wildman–Crippen MR) is 99.7 cm³/mol. The molecule has 1 fully saturated rings. The van der Waals surface area contributed by atoms with Gasteiger partial charge in [-0.25, -0.2) is 0 Å². The van der Waals surface area contributed by atoms with Crippen LogP contribution < -0.4 is 15.8 Å². The number of rotatable bonds is 7. The first-order valence-corrected chi connectivity index (χ1v) is 8.75. The standard InChI is InChI=1S/C18H31N5O/c1-22-11-3-12-23(15-14-22)13-10-21-18(19)20-9-8-16-4-6-17(24-2)7-5-16/h4-7H,3,8-15H2,1-2H3,(H3,19,20,21). The number of guanidine groups is 1. The lowest BCUT2D eigenvalue weighted by Crippen LogP contribution is -2.35. The van der Waals surface area contributed by atoms with Crippen molar-refractivity contribution < 1.29 is 4.74 Å². The van der Waals surface area contributed by atoms with Crippen molar-refractivity contribution in [3.63, 3.8) is 0 Å². The number of hydrogen-bond donors (Lipinski definition) is 2. The van der Waals surface area contributed by atoms with Gasteiger partial charge >= 0.3 is 0 Å². The van der Waals surface area contributed by atoms with E-state index in [-0.39, 0.29) is 0 Å². The van der Waals surface area contributed by atoms with Gasteiger partial charge in [-0.15, -0.1) is 0 Å². The molecule has 0 unspecified atom stereocenters. The van der Waals surface area contributed by atoms with Crippen LogP contribution in [-0.4, -0.2) is 75.7 Å². The SMILES string of the molecule is COc1ccc(CCNC(N)=NCCN2CCCN(C)CC2)cc1. The number of nitrogens with zero attached hydrogens (tertiary/aromatic N) is 3. The van der Waals surface area contributed by atoms with E-state index in [1.807, 2.05) is 12.1 Å². The van der Waals surface area contributed by atoms with Crippen molar-refractivity contribution in [3.05, 3.63) is 29.8 Å².